The average Bonchev–Trinajstić information content (AvgIpc) is 2.71. The van der Waals surface area contributed by atoms with Crippen molar-refractivity contribution in [2.24, 2.45) is 0 Å². The molecule has 0 saturated carbocycles. The maximum absolute atomic E-state index is 5.75. The first-order valence-electron chi connectivity index (χ1n) is 5.97. The van der Waals surface area contributed by atoms with Gasteiger partial charge in [0.1, 0.15) is 0 Å². The lowest BCUT2D eigenvalue weighted by Crippen LogP contribution is -2.13. The van der Waals surface area contributed by atoms with Gasteiger partial charge in [-0.1, -0.05) is 13.3 Å². The number of nitrogens with zero attached hydrogens (tertiary/aromatic N) is 2. The summed E-state index contributed by atoms with van der Waals surface area (Å²) >= 11 is 0. The third-order valence-electron chi connectivity index (χ3n) is 2.97. The number of fused-ring (bicyclic) bond motifs is 1. The van der Waals surface area contributed by atoms with Crippen LogP contribution in [0.15, 0.2) is 24.5 Å². The molecule has 1 aromatic carbocycles. The molecule has 0 aliphatic heterocycles. The van der Waals surface area contributed by atoms with Crippen LogP contribution in [0, 0.1) is 0 Å². The minimum atomic E-state index is 0.346. The predicted octanol–water partition coefficient (Wildman–Crippen LogP) is 2.61. The number of rotatable bonds is 5. The molecule has 2 aromatic rings. The fraction of sp³-hybridized carbons (Fsp3) is 0.462. The first-order valence-corrected chi connectivity index (χ1v) is 5.97. The fourth-order valence-corrected chi connectivity index (χ4v) is 2.17. The molecule has 0 spiro atoms. The predicted molar refractivity (Wildman–Crippen MR) is 70.0 cm³/mol. The van der Waals surface area contributed by atoms with Crippen LogP contribution < -0.4 is 5.73 Å². The SMILES string of the molecule is CCCC(COC)n1cnc2cc(N)ccc21. The zero-order valence-electron chi connectivity index (χ0n) is 10.4. The fourth-order valence-electron chi connectivity index (χ4n) is 2.17. The van der Waals surface area contributed by atoms with Gasteiger partial charge in [0.15, 0.2) is 0 Å². The van der Waals surface area contributed by atoms with Gasteiger partial charge in [-0.05, 0) is 24.6 Å². The lowest BCUT2D eigenvalue weighted by Gasteiger charge is -2.17. The summed E-state index contributed by atoms with van der Waals surface area (Å²) in [5.41, 5.74) is 8.57. The number of ether oxygens (including phenoxy) is 1. The molecule has 0 radical (unpaired) electrons. The first-order chi connectivity index (χ1) is 8.26. The third kappa shape index (κ3) is 2.42. The third-order valence-corrected chi connectivity index (χ3v) is 2.97. The molecule has 0 bridgehead atoms. The van der Waals surface area contributed by atoms with E-state index in [2.05, 4.69) is 16.5 Å². The standard InChI is InChI=1S/C13H19N3O/c1-3-4-11(8-17-2)16-9-15-12-7-10(14)5-6-13(12)16/h5-7,9,11H,3-4,8,14H2,1-2H3. The number of nitrogen functional groups attached to an aromatic ring is 1. The number of hydrogen-bond acceptors (Lipinski definition) is 3. The van der Waals surface area contributed by atoms with Crippen LogP contribution in [0.5, 0.6) is 0 Å². The van der Waals surface area contributed by atoms with Crippen LogP contribution in [0.4, 0.5) is 5.69 Å². The normalized spacial score (nSPS) is 13.1. The molecule has 0 aliphatic rings. The summed E-state index contributed by atoms with van der Waals surface area (Å²) in [4.78, 5) is 4.39. The van der Waals surface area contributed by atoms with Gasteiger partial charge in [-0.2, -0.15) is 0 Å². The van der Waals surface area contributed by atoms with Crippen LogP contribution in [-0.2, 0) is 4.74 Å². The van der Waals surface area contributed by atoms with E-state index in [0.717, 1.165) is 29.6 Å². The molecule has 0 fully saturated rings. The van der Waals surface area contributed by atoms with Crippen LogP contribution in [0.1, 0.15) is 25.8 Å². The molecular formula is C13H19N3O. The Morgan fingerprint density at radius 1 is 1.47 bits per heavy atom. The summed E-state index contributed by atoms with van der Waals surface area (Å²) in [5.74, 6) is 0. The molecule has 1 atom stereocenters. The molecule has 0 aliphatic carbocycles. The Balaban J connectivity index is 2.39. The molecule has 92 valence electrons. The van der Waals surface area contributed by atoms with E-state index >= 15 is 0 Å². The minimum absolute atomic E-state index is 0.346. The van der Waals surface area contributed by atoms with E-state index in [-0.39, 0.29) is 0 Å². The second-order valence-electron chi connectivity index (χ2n) is 4.30. The molecule has 17 heavy (non-hydrogen) atoms. The highest BCUT2D eigenvalue weighted by atomic mass is 16.5. The summed E-state index contributed by atoms with van der Waals surface area (Å²) in [7, 11) is 1.74. The number of benzene rings is 1. The number of imidazole rings is 1. The highest BCUT2D eigenvalue weighted by Crippen LogP contribution is 2.22. The highest BCUT2D eigenvalue weighted by molar-refractivity contribution is 5.79. The maximum Gasteiger partial charge on any atom is 0.0961 e. The van der Waals surface area contributed by atoms with Crippen LogP contribution in [0.2, 0.25) is 0 Å². The largest absolute Gasteiger partial charge is 0.399 e. The summed E-state index contributed by atoms with van der Waals surface area (Å²) in [6, 6.07) is 6.19. The molecule has 0 saturated heterocycles. The zero-order valence-corrected chi connectivity index (χ0v) is 10.4. The summed E-state index contributed by atoms with van der Waals surface area (Å²) in [6.45, 7) is 2.89. The van der Waals surface area contributed by atoms with Gasteiger partial charge < -0.3 is 15.0 Å². The number of nitrogens with two attached hydrogens (primary N) is 1. The van der Waals surface area contributed by atoms with Gasteiger partial charge in [0.25, 0.3) is 0 Å². The van der Waals surface area contributed by atoms with Crippen molar-refractivity contribution < 1.29 is 4.74 Å². The van der Waals surface area contributed by atoms with Crippen LogP contribution in [-0.4, -0.2) is 23.3 Å². The van der Waals surface area contributed by atoms with Gasteiger partial charge in [-0.15, -0.1) is 0 Å². The van der Waals surface area contributed by atoms with Crippen molar-refractivity contribution in [3.8, 4) is 0 Å². The van der Waals surface area contributed by atoms with Crippen LogP contribution >= 0.6 is 0 Å². The van der Waals surface area contributed by atoms with Crippen molar-refractivity contribution in [2.75, 3.05) is 19.5 Å². The molecule has 1 heterocycles. The molecular weight excluding hydrogens is 214 g/mol. The van der Waals surface area contributed by atoms with Gasteiger partial charge in [0.05, 0.1) is 30.0 Å². The summed E-state index contributed by atoms with van der Waals surface area (Å²) in [5, 5.41) is 0. The minimum Gasteiger partial charge on any atom is -0.399 e. The molecule has 2 rings (SSSR count). The quantitative estimate of drug-likeness (QED) is 0.808. The van der Waals surface area contributed by atoms with E-state index in [1.165, 1.54) is 0 Å². The van der Waals surface area contributed by atoms with Crippen molar-refractivity contribution in [3.63, 3.8) is 0 Å². The summed E-state index contributed by atoms with van der Waals surface area (Å²) in [6.07, 6.45) is 4.09. The topological polar surface area (TPSA) is 53.1 Å². The number of methoxy groups -OCH3 is 1. The molecule has 0 amide bonds. The van der Waals surface area contributed by atoms with E-state index in [0.29, 0.717) is 12.6 Å². The Hall–Kier alpha value is -1.55. The van der Waals surface area contributed by atoms with Crippen molar-refractivity contribution in [1.82, 2.24) is 9.55 Å². The Morgan fingerprint density at radius 2 is 2.29 bits per heavy atom. The number of aromatic nitrogens is 2. The van der Waals surface area contributed by atoms with Gasteiger partial charge in [0, 0.05) is 12.8 Å². The second kappa shape index (κ2) is 5.19. The molecule has 2 N–H and O–H groups in total. The van der Waals surface area contributed by atoms with Crippen LogP contribution in [0.25, 0.3) is 11.0 Å². The summed E-state index contributed by atoms with van der Waals surface area (Å²) < 4.78 is 7.46. The second-order valence-corrected chi connectivity index (χ2v) is 4.30. The average molecular weight is 233 g/mol. The monoisotopic (exact) mass is 233 g/mol. The molecule has 4 nitrogen and oxygen atoms in total. The van der Waals surface area contributed by atoms with Gasteiger partial charge >= 0.3 is 0 Å². The van der Waals surface area contributed by atoms with E-state index in [9.17, 15) is 0 Å². The van der Waals surface area contributed by atoms with Gasteiger partial charge in [-0.3, -0.25) is 0 Å². The Bertz CT molecular complexity index is 486. The van der Waals surface area contributed by atoms with Crippen molar-refractivity contribution in [1.29, 1.82) is 0 Å². The van der Waals surface area contributed by atoms with Crippen molar-refractivity contribution in [3.05, 3.63) is 24.5 Å². The molecule has 1 unspecified atom stereocenters. The Morgan fingerprint density at radius 3 is 3.00 bits per heavy atom. The van der Waals surface area contributed by atoms with Crippen molar-refractivity contribution in [2.45, 2.75) is 25.8 Å². The maximum atomic E-state index is 5.75. The van der Waals surface area contributed by atoms with E-state index < -0.39 is 0 Å². The molecule has 4 heteroatoms. The smallest absolute Gasteiger partial charge is 0.0961 e. The van der Waals surface area contributed by atoms with E-state index in [1.807, 2.05) is 24.5 Å². The molecule has 1 aromatic heterocycles. The Labute approximate surface area is 101 Å². The number of hydrogen-bond donors (Lipinski definition) is 1. The Kier molecular flexibility index (Phi) is 3.64. The van der Waals surface area contributed by atoms with E-state index in [4.69, 9.17) is 10.5 Å². The first kappa shape index (κ1) is 11.9. The number of anilines is 1. The lowest BCUT2D eigenvalue weighted by atomic mass is 10.1. The van der Waals surface area contributed by atoms with Gasteiger partial charge in [-0.25, -0.2) is 4.98 Å². The lowest BCUT2D eigenvalue weighted by molar-refractivity contribution is 0.152. The highest BCUT2D eigenvalue weighted by Gasteiger charge is 2.13. The van der Waals surface area contributed by atoms with Crippen molar-refractivity contribution >= 4 is 16.7 Å². The zero-order chi connectivity index (χ0) is 12.3. The van der Waals surface area contributed by atoms with Gasteiger partial charge in [0.2, 0.25) is 0 Å². The van der Waals surface area contributed by atoms with Crippen LogP contribution in [0.3, 0.4) is 0 Å². The van der Waals surface area contributed by atoms with E-state index in [1.54, 1.807) is 7.11 Å².